The van der Waals surface area contributed by atoms with Gasteiger partial charge in [-0.15, -0.1) is 5.10 Å². The number of aromatic amines is 1. The van der Waals surface area contributed by atoms with Gasteiger partial charge in [-0.3, -0.25) is 0 Å². The Kier molecular flexibility index (Phi) is 4.29. The second kappa shape index (κ2) is 6.71. The van der Waals surface area contributed by atoms with Crippen LogP contribution in [0.2, 0.25) is 0 Å². The van der Waals surface area contributed by atoms with Crippen molar-refractivity contribution >= 4 is 12.0 Å². The lowest BCUT2D eigenvalue weighted by molar-refractivity contribution is 0.662. The van der Waals surface area contributed by atoms with Crippen molar-refractivity contribution in [3.05, 3.63) is 65.8 Å². The van der Waals surface area contributed by atoms with Gasteiger partial charge in [0.05, 0.1) is 17.9 Å². The highest BCUT2D eigenvalue weighted by Crippen LogP contribution is 2.05. The number of nitrogens with one attached hydrogen (secondary N) is 1. The Morgan fingerprint density at radius 3 is 2.73 bits per heavy atom. The summed E-state index contributed by atoms with van der Waals surface area (Å²) in [6.07, 6.45) is 9.53. The molecule has 3 aromatic rings. The minimum absolute atomic E-state index is 0.449. The topological polar surface area (TPSA) is 85.4 Å². The summed E-state index contributed by atoms with van der Waals surface area (Å²) in [5.41, 5.74) is 8.62. The maximum atomic E-state index is 5.55. The molecular weight excluding hydrogens is 276 g/mol. The standard InChI is InChI=1S/C16H18N6/c17-16-18-11-14(19-16)8-9-15-12-22(21-20-15)10-4-7-13-5-2-1-3-6-13/h1-7,11-12H,8-10H2,(H3,17,18,19)/b7-4+. The van der Waals surface area contributed by atoms with Crippen molar-refractivity contribution in [3.8, 4) is 0 Å². The van der Waals surface area contributed by atoms with Crippen LogP contribution in [0.1, 0.15) is 17.0 Å². The molecule has 0 aliphatic heterocycles. The van der Waals surface area contributed by atoms with Gasteiger partial charge in [-0.1, -0.05) is 47.7 Å². The molecular formula is C16H18N6. The van der Waals surface area contributed by atoms with Crippen molar-refractivity contribution < 1.29 is 0 Å². The molecule has 0 spiro atoms. The molecule has 6 nitrogen and oxygen atoms in total. The van der Waals surface area contributed by atoms with E-state index in [-0.39, 0.29) is 0 Å². The van der Waals surface area contributed by atoms with Crippen molar-refractivity contribution in [3.63, 3.8) is 0 Å². The Hall–Kier alpha value is -2.89. The highest BCUT2D eigenvalue weighted by molar-refractivity contribution is 5.48. The van der Waals surface area contributed by atoms with Crippen molar-refractivity contribution in [2.24, 2.45) is 0 Å². The monoisotopic (exact) mass is 294 g/mol. The van der Waals surface area contributed by atoms with E-state index in [1.54, 1.807) is 0 Å². The molecule has 3 N–H and O–H groups in total. The molecule has 0 aliphatic carbocycles. The van der Waals surface area contributed by atoms with E-state index >= 15 is 0 Å². The van der Waals surface area contributed by atoms with E-state index < -0.39 is 0 Å². The number of anilines is 1. The fourth-order valence-corrected chi connectivity index (χ4v) is 2.16. The first-order valence-electron chi connectivity index (χ1n) is 7.20. The normalized spacial score (nSPS) is 11.3. The summed E-state index contributed by atoms with van der Waals surface area (Å²) in [5, 5.41) is 8.30. The number of aryl methyl sites for hydroxylation is 2. The molecule has 0 radical (unpaired) electrons. The molecule has 1 aromatic carbocycles. The highest BCUT2D eigenvalue weighted by Gasteiger charge is 2.03. The molecule has 22 heavy (non-hydrogen) atoms. The van der Waals surface area contributed by atoms with Crippen LogP contribution in [0.3, 0.4) is 0 Å². The first-order valence-corrected chi connectivity index (χ1v) is 7.20. The predicted octanol–water partition coefficient (Wildman–Crippen LogP) is 2.08. The number of nitrogen functional groups attached to an aromatic ring is 1. The zero-order chi connectivity index (χ0) is 15.2. The molecule has 0 unspecified atom stereocenters. The molecule has 2 aromatic heterocycles. The van der Waals surface area contributed by atoms with Crippen LogP contribution in [0.15, 0.2) is 48.8 Å². The molecule has 0 bridgehead atoms. The number of allylic oxidation sites excluding steroid dienone is 1. The molecule has 0 atom stereocenters. The summed E-state index contributed by atoms with van der Waals surface area (Å²) >= 11 is 0. The smallest absolute Gasteiger partial charge is 0.197 e. The Morgan fingerprint density at radius 1 is 1.14 bits per heavy atom. The first kappa shape index (κ1) is 14.1. The van der Waals surface area contributed by atoms with E-state index in [0.29, 0.717) is 12.5 Å². The number of rotatable bonds is 6. The van der Waals surface area contributed by atoms with Gasteiger partial charge in [0.15, 0.2) is 5.95 Å². The summed E-state index contributed by atoms with van der Waals surface area (Å²) in [4.78, 5) is 7.04. The summed E-state index contributed by atoms with van der Waals surface area (Å²) in [7, 11) is 0. The summed E-state index contributed by atoms with van der Waals surface area (Å²) in [6, 6.07) is 10.2. The van der Waals surface area contributed by atoms with Crippen LogP contribution in [0.4, 0.5) is 5.95 Å². The van der Waals surface area contributed by atoms with Gasteiger partial charge in [0.2, 0.25) is 0 Å². The van der Waals surface area contributed by atoms with Gasteiger partial charge in [0, 0.05) is 12.4 Å². The number of benzene rings is 1. The molecule has 6 heteroatoms. The zero-order valence-corrected chi connectivity index (χ0v) is 12.2. The van der Waals surface area contributed by atoms with Gasteiger partial charge in [-0.2, -0.15) is 0 Å². The van der Waals surface area contributed by atoms with Gasteiger partial charge in [-0.05, 0) is 18.4 Å². The molecule has 0 aliphatic rings. The molecule has 0 saturated heterocycles. The average Bonchev–Trinajstić information content (AvgIpc) is 3.15. The fourth-order valence-electron chi connectivity index (χ4n) is 2.16. The third-order valence-corrected chi connectivity index (χ3v) is 3.28. The second-order valence-electron chi connectivity index (χ2n) is 5.02. The Morgan fingerprint density at radius 2 is 1.95 bits per heavy atom. The predicted molar refractivity (Wildman–Crippen MR) is 85.9 cm³/mol. The van der Waals surface area contributed by atoms with Crippen LogP contribution in [-0.4, -0.2) is 25.0 Å². The van der Waals surface area contributed by atoms with Gasteiger partial charge < -0.3 is 10.7 Å². The lowest BCUT2D eigenvalue weighted by atomic mass is 10.2. The second-order valence-corrected chi connectivity index (χ2v) is 5.02. The average molecular weight is 294 g/mol. The Labute approximate surface area is 128 Å². The van der Waals surface area contributed by atoms with E-state index in [1.165, 1.54) is 5.56 Å². The number of hydrogen-bond acceptors (Lipinski definition) is 4. The lowest BCUT2D eigenvalue weighted by Crippen LogP contribution is -1.95. The summed E-state index contributed by atoms with van der Waals surface area (Å²) in [6.45, 7) is 0.706. The summed E-state index contributed by atoms with van der Waals surface area (Å²) in [5.74, 6) is 0.449. The first-order chi connectivity index (χ1) is 10.8. The Bertz CT molecular complexity index is 741. The van der Waals surface area contributed by atoms with Crippen molar-refractivity contribution in [1.82, 2.24) is 25.0 Å². The highest BCUT2D eigenvalue weighted by atomic mass is 15.4. The number of nitrogens with zero attached hydrogens (tertiary/aromatic N) is 4. The molecule has 0 amide bonds. The van der Waals surface area contributed by atoms with Gasteiger partial charge in [0.25, 0.3) is 0 Å². The zero-order valence-electron chi connectivity index (χ0n) is 12.2. The molecule has 0 saturated carbocycles. The number of aromatic nitrogens is 5. The van der Waals surface area contributed by atoms with E-state index in [4.69, 9.17) is 5.73 Å². The SMILES string of the molecule is Nc1nc(CCc2cn(C/C=C/c3ccccc3)nn2)c[nH]1. The third-order valence-electron chi connectivity index (χ3n) is 3.28. The van der Waals surface area contributed by atoms with Crippen LogP contribution < -0.4 is 5.73 Å². The minimum Gasteiger partial charge on any atom is -0.369 e. The van der Waals surface area contributed by atoms with Crippen LogP contribution in [-0.2, 0) is 19.4 Å². The number of H-pyrrole nitrogens is 1. The van der Waals surface area contributed by atoms with Crippen molar-refractivity contribution in [2.45, 2.75) is 19.4 Å². The quantitative estimate of drug-likeness (QED) is 0.729. The van der Waals surface area contributed by atoms with E-state index in [9.17, 15) is 0 Å². The molecule has 3 rings (SSSR count). The molecule has 112 valence electrons. The fraction of sp³-hybridized carbons (Fsp3) is 0.188. The minimum atomic E-state index is 0.449. The number of hydrogen-bond donors (Lipinski definition) is 2. The van der Waals surface area contributed by atoms with Crippen molar-refractivity contribution in [2.75, 3.05) is 5.73 Å². The maximum absolute atomic E-state index is 5.55. The van der Waals surface area contributed by atoms with E-state index in [1.807, 2.05) is 35.3 Å². The number of nitrogens with two attached hydrogens (primary N) is 1. The van der Waals surface area contributed by atoms with Gasteiger partial charge >= 0.3 is 0 Å². The molecule has 2 heterocycles. The largest absolute Gasteiger partial charge is 0.369 e. The van der Waals surface area contributed by atoms with Crippen LogP contribution in [0.5, 0.6) is 0 Å². The van der Waals surface area contributed by atoms with E-state index in [0.717, 1.165) is 24.2 Å². The van der Waals surface area contributed by atoms with Gasteiger partial charge in [-0.25, -0.2) is 9.67 Å². The van der Waals surface area contributed by atoms with Crippen LogP contribution >= 0.6 is 0 Å². The Balaban J connectivity index is 1.51. The lowest BCUT2D eigenvalue weighted by Gasteiger charge is -1.94. The van der Waals surface area contributed by atoms with Crippen molar-refractivity contribution in [1.29, 1.82) is 0 Å². The maximum Gasteiger partial charge on any atom is 0.197 e. The summed E-state index contributed by atoms with van der Waals surface area (Å²) < 4.78 is 1.83. The third kappa shape index (κ3) is 3.82. The van der Waals surface area contributed by atoms with Crippen LogP contribution in [0, 0.1) is 0 Å². The van der Waals surface area contributed by atoms with E-state index in [2.05, 4.69) is 44.6 Å². The van der Waals surface area contributed by atoms with Crippen LogP contribution in [0.25, 0.3) is 6.08 Å². The molecule has 0 fully saturated rings. The number of imidazole rings is 1. The van der Waals surface area contributed by atoms with Gasteiger partial charge in [0.1, 0.15) is 0 Å².